The summed E-state index contributed by atoms with van der Waals surface area (Å²) in [5, 5.41) is 0. The first kappa shape index (κ1) is 56.4. The fourth-order valence-corrected chi connectivity index (χ4v) is 7.92. The van der Waals surface area contributed by atoms with Gasteiger partial charge >= 0.3 is 17.9 Å². The molecule has 6 nitrogen and oxygen atoms in total. The molecule has 0 aromatic carbocycles. The number of unbranched alkanes of at least 4 members (excludes halogenated alkanes) is 37. The monoisotopic (exact) mass is 821 g/mol. The molecule has 1 atom stereocenters. The fourth-order valence-electron chi connectivity index (χ4n) is 7.92. The van der Waals surface area contributed by atoms with E-state index in [4.69, 9.17) is 14.2 Å². The molecule has 0 aliphatic carbocycles. The predicted molar refractivity (Wildman–Crippen MR) is 247 cm³/mol. The van der Waals surface area contributed by atoms with Gasteiger partial charge in [0.2, 0.25) is 0 Å². The molecule has 0 aliphatic heterocycles. The molecule has 0 aromatic heterocycles. The maximum atomic E-state index is 12.8. The summed E-state index contributed by atoms with van der Waals surface area (Å²) in [6, 6.07) is 0. The van der Waals surface area contributed by atoms with E-state index in [1.807, 2.05) is 0 Å². The highest BCUT2D eigenvalue weighted by Gasteiger charge is 2.19. The molecule has 0 rings (SSSR count). The van der Waals surface area contributed by atoms with Crippen molar-refractivity contribution in [2.75, 3.05) is 13.2 Å². The Labute approximate surface area is 361 Å². The van der Waals surface area contributed by atoms with Gasteiger partial charge in [-0.3, -0.25) is 14.4 Å². The van der Waals surface area contributed by atoms with Gasteiger partial charge in [-0.2, -0.15) is 0 Å². The zero-order valence-corrected chi connectivity index (χ0v) is 39.3. The Kier molecular flexibility index (Phi) is 46.8. The molecular formula is C52H100O6. The number of hydrogen-bond donors (Lipinski definition) is 0. The van der Waals surface area contributed by atoms with Crippen LogP contribution in [0.3, 0.4) is 0 Å². The summed E-state index contributed by atoms with van der Waals surface area (Å²) in [5.41, 5.74) is 0. The second-order valence-corrected chi connectivity index (χ2v) is 17.8. The summed E-state index contributed by atoms with van der Waals surface area (Å²) in [7, 11) is 0. The van der Waals surface area contributed by atoms with Crippen molar-refractivity contribution < 1.29 is 28.6 Å². The molecule has 344 valence electrons. The number of carbonyl (C=O) groups is 3. The highest BCUT2D eigenvalue weighted by Crippen LogP contribution is 2.17. The molecule has 0 aromatic rings. The van der Waals surface area contributed by atoms with Gasteiger partial charge in [0.25, 0.3) is 0 Å². The Balaban J connectivity index is 4.31. The third-order valence-corrected chi connectivity index (χ3v) is 11.9. The zero-order valence-electron chi connectivity index (χ0n) is 39.3. The van der Waals surface area contributed by atoms with E-state index >= 15 is 0 Å². The van der Waals surface area contributed by atoms with E-state index in [0.29, 0.717) is 19.3 Å². The average molecular weight is 821 g/mol. The predicted octanol–water partition coefficient (Wildman–Crippen LogP) is 16.8. The minimum atomic E-state index is -0.759. The van der Waals surface area contributed by atoms with Crippen molar-refractivity contribution in [2.45, 2.75) is 303 Å². The van der Waals surface area contributed by atoms with Crippen LogP contribution in [0.25, 0.3) is 0 Å². The largest absolute Gasteiger partial charge is 0.462 e. The molecule has 0 saturated carbocycles. The van der Waals surface area contributed by atoms with E-state index in [0.717, 1.165) is 57.8 Å². The summed E-state index contributed by atoms with van der Waals surface area (Å²) in [5.74, 6) is -0.840. The lowest BCUT2D eigenvalue weighted by Crippen LogP contribution is -2.30. The molecule has 0 heterocycles. The molecule has 0 radical (unpaired) electrons. The van der Waals surface area contributed by atoms with Crippen molar-refractivity contribution >= 4 is 17.9 Å². The van der Waals surface area contributed by atoms with Gasteiger partial charge in [-0.25, -0.2) is 0 Å². The number of hydrogen-bond acceptors (Lipinski definition) is 6. The van der Waals surface area contributed by atoms with Crippen molar-refractivity contribution in [2.24, 2.45) is 0 Å². The van der Waals surface area contributed by atoms with Gasteiger partial charge in [-0.15, -0.1) is 0 Å². The SMILES string of the molecule is CCCCCCCCCCCCCCCCC(=O)OCC(COC(=O)CCCCCCCCCCCCCCC)OC(=O)CCCCCCCCCCCCCCC. The van der Waals surface area contributed by atoms with Crippen LogP contribution < -0.4 is 0 Å². The van der Waals surface area contributed by atoms with E-state index in [1.165, 1.54) is 199 Å². The lowest BCUT2D eigenvalue weighted by molar-refractivity contribution is -0.167. The second kappa shape index (κ2) is 48.1. The molecular weight excluding hydrogens is 721 g/mol. The van der Waals surface area contributed by atoms with Gasteiger partial charge < -0.3 is 14.2 Å². The molecule has 0 amide bonds. The first-order chi connectivity index (χ1) is 28.5. The van der Waals surface area contributed by atoms with E-state index in [1.54, 1.807) is 0 Å². The van der Waals surface area contributed by atoms with Crippen LogP contribution in [-0.2, 0) is 28.6 Å². The van der Waals surface area contributed by atoms with Crippen molar-refractivity contribution in [3.8, 4) is 0 Å². The summed E-state index contributed by atoms with van der Waals surface area (Å²) in [6.45, 7) is 6.68. The minimum Gasteiger partial charge on any atom is -0.462 e. The van der Waals surface area contributed by atoms with Crippen LogP contribution in [-0.4, -0.2) is 37.2 Å². The Bertz CT molecular complexity index is 859. The van der Waals surface area contributed by atoms with Gasteiger partial charge in [0.05, 0.1) is 0 Å². The molecule has 1 unspecified atom stereocenters. The highest BCUT2D eigenvalue weighted by atomic mass is 16.6. The van der Waals surface area contributed by atoms with Crippen molar-refractivity contribution in [3.63, 3.8) is 0 Å². The second-order valence-electron chi connectivity index (χ2n) is 17.8. The van der Waals surface area contributed by atoms with Gasteiger partial charge in [0, 0.05) is 19.3 Å². The first-order valence-electron chi connectivity index (χ1n) is 26.0. The lowest BCUT2D eigenvalue weighted by Gasteiger charge is -2.18. The van der Waals surface area contributed by atoms with Crippen molar-refractivity contribution in [1.82, 2.24) is 0 Å². The van der Waals surface area contributed by atoms with Crippen LogP contribution in [0.2, 0.25) is 0 Å². The maximum Gasteiger partial charge on any atom is 0.306 e. The maximum absolute atomic E-state index is 12.8. The minimum absolute atomic E-state index is 0.0617. The Morgan fingerprint density at radius 1 is 0.276 bits per heavy atom. The molecule has 0 saturated heterocycles. The van der Waals surface area contributed by atoms with Crippen molar-refractivity contribution in [3.05, 3.63) is 0 Å². The number of esters is 3. The quantitative estimate of drug-likeness (QED) is 0.0346. The Morgan fingerprint density at radius 3 is 0.690 bits per heavy atom. The molecule has 0 N–H and O–H groups in total. The van der Waals surface area contributed by atoms with Crippen LogP contribution in [0.4, 0.5) is 0 Å². The zero-order chi connectivity index (χ0) is 42.3. The number of carbonyl (C=O) groups excluding carboxylic acids is 3. The first-order valence-corrected chi connectivity index (χ1v) is 26.0. The third-order valence-electron chi connectivity index (χ3n) is 11.9. The van der Waals surface area contributed by atoms with E-state index < -0.39 is 6.10 Å². The molecule has 0 aliphatic rings. The van der Waals surface area contributed by atoms with Crippen LogP contribution in [0.15, 0.2) is 0 Å². The standard InChI is InChI=1S/C52H100O6/c1-4-7-10-13-16-19-22-25-28-30-33-36-39-42-45-51(54)57-48-49(58-52(55)46-43-40-37-34-31-27-24-21-18-15-12-9-6-3)47-56-50(53)44-41-38-35-32-29-26-23-20-17-14-11-8-5-2/h49H,4-48H2,1-3H3. The van der Waals surface area contributed by atoms with Gasteiger partial charge in [0.15, 0.2) is 6.10 Å². The van der Waals surface area contributed by atoms with Crippen LogP contribution in [0.1, 0.15) is 297 Å². The van der Waals surface area contributed by atoms with E-state index in [2.05, 4.69) is 20.8 Å². The molecule has 58 heavy (non-hydrogen) atoms. The summed E-state index contributed by atoms with van der Waals surface area (Å²) >= 11 is 0. The van der Waals surface area contributed by atoms with Crippen LogP contribution >= 0.6 is 0 Å². The summed E-state index contributed by atoms with van der Waals surface area (Å²) < 4.78 is 16.8. The van der Waals surface area contributed by atoms with E-state index in [9.17, 15) is 14.4 Å². The average Bonchev–Trinajstić information content (AvgIpc) is 3.22. The van der Waals surface area contributed by atoms with Crippen LogP contribution in [0.5, 0.6) is 0 Å². The number of rotatable bonds is 48. The molecule has 6 heteroatoms. The highest BCUT2D eigenvalue weighted by molar-refractivity contribution is 5.71. The van der Waals surface area contributed by atoms with Gasteiger partial charge in [-0.05, 0) is 19.3 Å². The molecule has 0 spiro atoms. The molecule has 0 bridgehead atoms. The summed E-state index contributed by atoms with van der Waals surface area (Å²) in [6.07, 6.45) is 50.8. The fraction of sp³-hybridized carbons (Fsp3) is 0.942. The van der Waals surface area contributed by atoms with Gasteiger partial charge in [0.1, 0.15) is 13.2 Å². The van der Waals surface area contributed by atoms with E-state index in [-0.39, 0.29) is 31.1 Å². The van der Waals surface area contributed by atoms with Crippen molar-refractivity contribution in [1.29, 1.82) is 0 Å². The normalized spacial score (nSPS) is 11.8. The summed E-state index contributed by atoms with van der Waals surface area (Å²) in [4.78, 5) is 37.9. The lowest BCUT2D eigenvalue weighted by atomic mass is 10.0. The van der Waals surface area contributed by atoms with Crippen LogP contribution in [0, 0.1) is 0 Å². The Morgan fingerprint density at radius 2 is 0.466 bits per heavy atom. The third kappa shape index (κ3) is 45.5. The smallest absolute Gasteiger partial charge is 0.306 e. The Hall–Kier alpha value is -1.59. The van der Waals surface area contributed by atoms with Gasteiger partial charge in [-0.1, -0.05) is 258 Å². The topological polar surface area (TPSA) is 78.9 Å². The number of ether oxygens (including phenoxy) is 3. The molecule has 0 fully saturated rings.